The molecule has 0 spiro atoms. The molecule has 2 N–H and O–H groups in total. The maximum atomic E-state index is 12.2. The molecule has 0 bridgehead atoms. The van der Waals surface area contributed by atoms with Gasteiger partial charge in [-0.1, -0.05) is 27.2 Å². The largest absolute Gasteiger partial charge is 0.354 e. The summed E-state index contributed by atoms with van der Waals surface area (Å²) in [6.45, 7) is 9.28. The summed E-state index contributed by atoms with van der Waals surface area (Å²) in [4.78, 5) is 14.4. The van der Waals surface area contributed by atoms with Crippen molar-refractivity contribution in [1.82, 2.24) is 15.5 Å². The highest BCUT2D eigenvalue weighted by Gasteiger charge is 2.27. The van der Waals surface area contributed by atoms with Crippen LogP contribution in [0, 0.1) is 11.3 Å². The van der Waals surface area contributed by atoms with Gasteiger partial charge >= 0.3 is 0 Å². The first kappa shape index (κ1) is 16.4. The number of piperidine rings is 1. The zero-order chi connectivity index (χ0) is 14.5. The number of amides is 1. The van der Waals surface area contributed by atoms with Crippen LogP contribution in [0.25, 0.3) is 0 Å². The first-order valence-electron chi connectivity index (χ1n) is 7.50. The van der Waals surface area contributed by atoms with Crippen molar-refractivity contribution in [2.24, 2.45) is 11.3 Å². The van der Waals surface area contributed by atoms with Gasteiger partial charge in [0.05, 0.1) is 6.04 Å². The molecule has 1 aliphatic rings. The van der Waals surface area contributed by atoms with E-state index in [1.54, 1.807) is 0 Å². The van der Waals surface area contributed by atoms with Crippen LogP contribution in [0.2, 0.25) is 0 Å². The van der Waals surface area contributed by atoms with Crippen LogP contribution in [-0.2, 0) is 4.79 Å². The van der Waals surface area contributed by atoms with E-state index >= 15 is 0 Å². The van der Waals surface area contributed by atoms with E-state index < -0.39 is 0 Å². The summed E-state index contributed by atoms with van der Waals surface area (Å²) < 4.78 is 0. The minimum absolute atomic E-state index is 0.00820. The first-order valence-corrected chi connectivity index (χ1v) is 7.50. The second kappa shape index (κ2) is 7.25. The van der Waals surface area contributed by atoms with Gasteiger partial charge in [-0.25, -0.2) is 0 Å². The average molecular weight is 269 g/mol. The Bertz CT molecular complexity index is 289. The minimum atomic E-state index is 0.00820. The van der Waals surface area contributed by atoms with Crippen molar-refractivity contribution < 1.29 is 4.79 Å². The minimum Gasteiger partial charge on any atom is -0.354 e. The quantitative estimate of drug-likeness (QED) is 0.767. The Hall–Kier alpha value is -0.610. The van der Waals surface area contributed by atoms with E-state index in [2.05, 4.69) is 50.4 Å². The van der Waals surface area contributed by atoms with E-state index in [-0.39, 0.29) is 17.4 Å². The fourth-order valence-corrected chi connectivity index (χ4v) is 2.93. The Balaban J connectivity index is 2.38. The molecule has 4 nitrogen and oxygen atoms in total. The third kappa shape index (κ3) is 5.91. The zero-order valence-electron chi connectivity index (χ0n) is 13.3. The Labute approximate surface area is 118 Å². The molecule has 0 radical (unpaired) electrons. The molecule has 2 unspecified atom stereocenters. The molecule has 1 aliphatic heterocycles. The Morgan fingerprint density at radius 1 is 1.42 bits per heavy atom. The third-order valence-corrected chi connectivity index (χ3v) is 3.89. The van der Waals surface area contributed by atoms with Gasteiger partial charge < -0.3 is 15.5 Å². The van der Waals surface area contributed by atoms with Crippen LogP contribution in [0.15, 0.2) is 0 Å². The molecular formula is C15H31N3O. The zero-order valence-corrected chi connectivity index (χ0v) is 13.3. The molecular weight excluding hydrogens is 238 g/mol. The maximum absolute atomic E-state index is 12.2. The van der Waals surface area contributed by atoms with Gasteiger partial charge in [0.25, 0.3) is 0 Å². The van der Waals surface area contributed by atoms with E-state index in [0.717, 1.165) is 26.1 Å². The van der Waals surface area contributed by atoms with Crippen molar-refractivity contribution in [3.63, 3.8) is 0 Å². The lowest BCUT2D eigenvalue weighted by Crippen LogP contribution is -2.51. The van der Waals surface area contributed by atoms with Crippen molar-refractivity contribution in [2.45, 2.75) is 46.1 Å². The second-order valence-electron chi connectivity index (χ2n) is 6.93. The molecule has 4 heteroatoms. The fraction of sp³-hybridized carbons (Fsp3) is 0.933. The van der Waals surface area contributed by atoms with Gasteiger partial charge in [-0.05, 0) is 44.8 Å². The second-order valence-corrected chi connectivity index (χ2v) is 6.93. The van der Waals surface area contributed by atoms with E-state index in [1.165, 1.54) is 12.8 Å². The van der Waals surface area contributed by atoms with Crippen molar-refractivity contribution >= 4 is 5.91 Å². The molecule has 0 aromatic heterocycles. The monoisotopic (exact) mass is 269 g/mol. The lowest BCUT2D eigenvalue weighted by molar-refractivity contribution is -0.124. The molecule has 1 amide bonds. The standard InChI is InChI=1S/C15H31N3O/c1-6-12-7-8-16-13(9-12)14(19)17-10-15(2,3)11-18(4)5/h12-13,16H,6-11H2,1-5H3,(H,17,19). The highest BCUT2D eigenvalue weighted by Crippen LogP contribution is 2.20. The molecule has 112 valence electrons. The molecule has 2 atom stereocenters. The summed E-state index contributed by atoms with van der Waals surface area (Å²) in [5.74, 6) is 0.872. The van der Waals surface area contributed by atoms with Crippen molar-refractivity contribution in [2.75, 3.05) is 33.7 Å². The highest BCUT2D eigenvalue weighted by atomic mass is 16.2. The van der Waals surface area contributed by atoms with Crippen LogP contribution in [0.5, 0.6) is 0 Å². The lowest BCUT2D eigenvalue weighted by Gasteiger charge is -2.32. The number of rotatable bonds is 6. The SMILES string of the molecule is CCC1CCNC(C(=O)NCC(C)(C)CN(C)C)C1. The Morgan fingerprint density at radius 2 is 2.11 bits per heavy atom. The van der Waals surface area contributed by atoms with Crippen LogP contribution >= 0.6 is 0 Å². The predicted octanol–water partition coefficient (Wildman–Crippen LogP) is 1.47. The van der Waals surface area contributed by atoms with Crippen LogP contribution < -0.4 is 10.6 Å². The lowest BCUT2D eigenvalue weighted by atomic mass is 9.89. The Morgan fingerprint density at radius 3 is 2.68 bits per heavy atom. The number of carbonyl (C=O) groups excluding carboxylic acids is 1. The van der Waals surface area contributed by atoms with Crippen molar-refractivity contribution in [3.8, 4) is 0 Å². The molecule has 1 heterocycles. The maximum Gasteiger partial charge on any atom is 0.237 e. The normalized spacial score (nSPS) is 24.5. The topological polar surface area (TPSA) is 44.4 Å². The summed E-state index contributed by atoms with van der Waals surface area (Å²) >= 11 is 0. The van der Waals surface area contributed by atoms with Gasteiger partial charge in [0, 0.05) is 13.1 Å². The summed E-state index contributed by atoms with van der Waals surface area (Å²) in [7, 11) is 4.14. The Kier molecular flexibility index (Phi) is 6.27. The van der Waals surface area contributed by atoms with Gasteiger partial charge in [0.15, 0.2) is 0 Å². The molecule has 19 heavy (non-hydrogen) atoms. The molecule has 1 saturated heterocycles. The average Bonchev–Trinajstić information content (AvgIpc) is 2.34. The first-order chi connectivity index (χ1) is 8.84. The molecule has 0 aliphatic carbocycles. The summed E-state index contributed by atoms with van der Waals surface area (Å²) in [6, 6.07) is 0.00820. The van der Waals surface area contributed by atoms with Gasteiger partial charge in [-0.15, -0.1) is 0 Å². The number of hydrogen-bond donors (Lipinski definition) is 2. The van der Waals surface area contributed by atoms with Crippen LogP contribution in [0.3, 0.4) is 0 Å². The van der Waals surface area contributed by atoms with E-state index in [0.29, 0.717) is 5.92 Å². The van der Waals surface area contributed by atoms with Crippen LogP contribution in [-0.4, -0.2) is 50.6 Å². The molecule has 0 aromatic rings. The van der Waals surface area contributed by atoms with E-state index in [9.17, 15) is 4.79 Å². The highest BCUT2D eigenvalue weighted by molar-refractivity contribution is 5.81. The number of nitrogens with one attached hydrogen (secondary N) is 2. The van der Waals surface area contributed by atoms with Gasteiger partial charge in [0.1, 0.15) is 0 Å². The summed E-state index contributed by atoms with van der Waals surface area (Å²) in [6.07, 6.45) is 3.36. The third-order valence-electron chi connectivity index (χ3n) is 3.89. The fourth-order valence-electron chi connectivity index (χ4n) is 2.93. The van der Waals surface area contributed by atoms with Crippen LogP contribution in [0.4, 0.5) is 0 Å². The van der Waals surface area contributed by atoms with Crippen molar-refractivity contribution in [3.05, 3.63) is 0 Å². The smallest absolute Gasteiger partial charge is 0.237 e. The molecule has 1 rings (SSSR count). The molecule has 0 aromatic carbocycles. The predicted molar refractivity (Wildman–Crippen MR) is 80.2 cm³/mol. The van der Waals surface area contributed by atoms with Crippen molar-refractivity contribution in [1.29, 1.82) is 0 Å². The van der Waals surface area contributed by atoms with Gasteiger partial charge in [0.2, 0.25) is 5.91 Å². The summed E-state index contributed by atoms with van der Waals surface area (Å²) in [5.41, 5.74) is 0.109. The van der Waals surface area contributed by atoms with Gasteiger partial charge in [-0.3, -0.25) is 4.79 Å². The van der Waals surface area contributed by atoms with E-state index in [4.69, 9.17) is 0 Å². The van der Waals surface area contributed by atoms with Gasteiger partial charge in [-0.2, -0.15) is 0 Å². The number of carbonyl (C=O) groups is 1. The van der Waals surface area contributed by atoms with Crippen LogP contribution in [0.1, 0.15) is 40.0 Å². The number of hydrogen-bond acceptors (Lipinski definition) is 3. The van der Waals surface area contributed by atoms with E-state index in [1.807, 2.05) is 0 Å². The summed E-state index contributed by atoms with van der Waals surface area (Å²) in [5, 5.41) is 6.45. The molecule has 1 fully saturated rings. The number of nitrogens with zero attached hydrogens (tertiary/aromatic N) is 1. The molecule has 0 saturated carbocycles.